The van der Waals surface area contributed by atoms with Gasteiger partial charge < -0.3 is 4.98 Å². The third-order valence-corrected chi connectivity index (χ3v) is 1.45. The number of imidazole rings is 1. The van der Waals surface area contributed by atoms with Gasteiger partial charge in [0.15, 0.2) is 0 Å². The molecule has 0 atom stereocenters. The van der Waals surface area contributed by atoms with Crippen molar-refractivity contribution in [3.05, 3.63) is 41.1 Å². The number of pyridine rings is 1. The van der Waals surface area contributed by atoms with Crippen LogP contribution in [0.4, 0.5) is 0 Å². The maximum Gasteiger partial charge on any atom is 0.330 e. The molecule has 3 heteroatoms. The van der Waals surface area contributed by atoms with Crippen molar-refractivity contribution in [2.24, 2.45) is 0 Å². The number of H-pyrrole nitrogens is 1. The third kappa shape index (κ3) is 0.572. The first-order valence-corrected chi connectivity index (χ1v) is 3.03. The average Bonchev–Trinajstić information content (AvgIpc) is 2.34. The minimum atomic E-state index is -0.0874. The fourth-order valence-electron chi connectivity index (χ4n) is 0.964. The van der Waals surface area contributed by atoms with Crippen LogP contribution in [0.5, 0.6) is 0 Å². The molecular formula is C7H6N2O. The zero-order valence-electron chi connectivity index (χ0n) is 5.24. The van der Waals surface area contributed by atoms with Crippen LogP contribution in [0.25, 0.3) is 5.52 Å². The molecule has 10 heavy (non-hydrogen) atoms. The maximum absolute atomic E-state index is 10.9. The molecule has 2 aromatic rings. The van der Waals surface area contributed by atoms with E-state index in [0.717, 1.165) is 5.52 Å². The van der Waals surface area contributed by atoms with Gasteiger partial charge in [-0.15, -0.1) is 0 Å². The monoisotopic (exact) mass is 134 g/mol. The predicted molar refractivity (Wildman–Crippen MR) is 38.0 cm³/mol. The summed E-state index contributed by atoms with van der Waals surface area (Å²) in [6.45, 7) is 0. The van der Waals surface area contributed by atoms with Gasteiger partial charge in [0.25, 0.3) is 0 Å². The maximum atomic E-state index is 10.9. The Hall–Kier alpha value is -1.51. The second kappa shape index (κ2) is 1.73. The first-order valence-electron chi connectivity index (χ1n) is 3.03. The summed E-state index contributed by atoms with van der Waals surface area (Å²) in [6, 6.07) is 5.59. The van der Waals surface area contributed by atoms with Gasteiger partial charge in [0.1, 0.15) is 0 Å². The molecule has 0 amide bonds. The Bertz CT molecular complexity index is 399. The van der Waals surface area contributed by atoms with Crippen LogP contribution in [0.2, 0.25) is 0 Å². The highest BCUT2D eigenvalue weighted by Gasteiger charge is 1.91. The highest BCUT2D eigenvalue weighted by molar-refractivity contribution is 5.43. The topological polar surface area (TPSA) is 37.3 Å². The van der Waals surface area contributed by atoms with Gasteiger partial charge in [-0.1, -0.05) is 6.07 Å². The Morgan fingerprint density at radius 1 is 1.40 bits per heavy atom. The quantitative estimate of drug-likeness (QED) is 0.563. The van der Waals surface area contributed by atoms with Crippen molar-refractivity contribution in [2.45, 2.75) is 0 Å². The molecular weight excluding hydrogens is 128 g/mol. The molecule has 0 bridgehead atoms. The van der Waals surface area contributed by atoms with E-state index in [0.29, 0.717) is 0 Å². The summed E-state index contributed by atoms with van der Waals surface area (Å²) < 4.78 is 1.56. The molecule has 0 saturated carbocycles. The highest BCUT2D eigenvalue weighted by atomic mass is 16.1. The van der Waals surface area contributed by atoms with E-state index >= 15 is 0 Å². The Morgan fingerprint density at radius 3 is 3.10 bits per heavy atom. The van der Waals surface area contributed by atoms with Crippen molar-refractivity contribution < 1.29 is 0 Å². The lowest BCUT2D eigenvalue weighted by Crippen LogP contribution is -2.07. The lowest BCUT2D eigenvalue weighted by atomic mass is 10.4. The molecule has 0 spiro atoms. The SMILES string of the molecule is O=c1[nH]cc2ccccn12. The molecule has 0 saturated heterocycles. The van der Waals surface area contributed by atoms with Crippen LogP contribution in [0.3, 0.4) is 0 Å². The van der Waals surface area contributed by atoms with Gasteiger partial charge in [-0.25, -0.2) is 4.79 Å². The Kier molecular flexibility index (Phi) is 0.917. The fourth-order valence-corrected chi connectivity index (χ4v) is 0.964. The van der Waals surface area contributed by atoms with Crippen molar-refractivity contribution in [3.63, 3.8) is 0 Å². The van der Waals surface area contributed by atoms with Crippen molar-refractivity contribution >= 4 is 5.52 Å². The number of aromatic nitrogens is 2. The molecule has 3 nitrogen and oxygen atoms in total. The summed E-state index contributed by atoms with van der Waals surface area (Å²) in [5, 5.41) is 0. The van der Waals surface area contributed by atoms with E-state index in [4.69, 9.17) is 0 Å². The molecule has 0 aromatic carbocycles. The van der Waals surface area contributed by atoms with E-state index in [1.165, 1.54) is 0 Å². The Labute approximate surface area is 56.9 Å². The van der Waals surface area contributed by atoms with Crippen molar-refractivity contribution in [1.29, 1.82) is 0 Å². The molecule has 2 rings (SSSR count). The van der Waals surface area contributed by atoms with Crippen LogP contribution < -0.4 is 5.69 Å². The van der Waals surface area contributed by atoms with E-state index in [9.17, 15) is 4.79 Å². The summed E-state index contributed by atoms with van der Waals surface area (Å²) in [6.07, 6.45) is 3.41. The summed E-state index contributed by atoms with van der Waals surface area (Å²) in [5.74, 6) is 0. The van der Waals surface area contributed by atoms with Gasteiger partial charge in [0.05, 0.1) is 5.52 Å². The van der Waals surface area contributed by atoms with Gasteiger partial charge >= 0.3 is 5.69 Å². The number of rotatable bonds is 0. The number of nitrogens with zero attached hydrogens (tertiary/aromatic N) is 1. The van der Waals surface area contributed by atoms with Crippen molar-refractivity contribution in [2.75, 3.05) is 0 Å². The lowest BCUT2D eigenvalue weighted by molar-refractivity contribution is 1.07. The van der Waals surface area contributed by atoms with Gasteiger partial charge in [-0.2, -0.15) is 0 Å². The van der Waals surface area contributed by atoms with E-state index in [1.807, 2.05) is 18.2 Å². The first-order chi connectivity index (χ1) is 4.88. The number of fused-ring (bicyclic) bond motifs is 1. The summed E-state index contributed by atoms with van der Waals surface area (Å²) in [5.41, 5.74) is 0.808. The molecule has 0 fully saturated rings. The lowest BCUT2D eigenvalue weighted by Gasteiger charge is -1.86. The molecule has 0 unspecified atom stereocenters. The van der Waals surface area contributed by atoms with Gasteiger partial charge in [-0.05, 0) is 12.1 Å². The van der Waals surface area contributed by atoms with Crippen molar-refractivity contribution in [1.82, 2.24) is 9.38 Å². The zero-order chi connectivity index (χ0) is 6.97. The molecule has 50 valence electrons. The van der Waals surface area contributed by atoms with Crippen LogP contribution in [-0.4, -0.2) is 9.38 Å². The molecule has 2 aromatic heterocycles. The predicted octanol–water partition coefficient (Wildman–Crippen LogP) is 0.628. The largest absolute Gasteiger partial charge is 0.330 e. The number of aromatic amines is 1. The van der Waals surface area contributed by atoms with E-state index in [1.54, 1.807) is 16.8 Å². The average molecular weight is 134 g/mol. The number of hydrogen-bond acceptors (Lipinski definition) is 1. The third-order valence-electron chi connectivity index (χ3n) is 1.45. The molecule has 1 N–H and O–H groups in total. The normalized spacial score (nSPS) is 10.4. The molecule has 0 radical (unpaired) electrons. The summed E-state index contributed by atoms with van der Waals surface area (Å²) >= 11 is 0. The van der Waals surface area contributed by atoms with E-state index in [-0.39, 0.29) is 5.69 Å². The summed E-state index contributed by atoms with van der Waals surface area (Å²) in [7, 11) is 0. The molecule has 0 aliphatic heterocycles. The molecule has 2 heterocycles. The number of nitrogens with one attached hydrogen (secondary N) is 1. The second-order valence-electron chi connectivity index (χ2n) is 2.09. The van der Waals surface area contributed by atoms with Gasteiger partial charge in [0.2, 0.25) is 0 Å². The number of hydrogen-bond donors (Lipinski definition) is 1. The molecule has 0 aliphatic carbocycles. The minimum absolute atomic E-state index is 0.0874. The first kappa shape index (κ1) is 5.29. The fraction of sp³-hybridized carbons (Fsp3) is 0. The van der Waals surface area contributed by atoms with Crippen LogP contribution >= 0.6 is 0 Å². The van der Waals surface area contributed by atoms with E-state index in [2.05, 4.69) is 4.98 Å². The smallest absolute Gasteiger partial charge is 0.312 e. The van der Waals surface area contributed by atoms with Crippen LogP contribution in [-0.2, 0) is 0 Å². The van der Waals surface area contributed by atoms with E-state index < -0.39 is 0 Å². The standard InChI is InChI=1S/C7H6N2O/c10-7-8-5-6-3-1-2-4-9(6)7/h1-5H,(H,8,10). The van der Waals surface area contributed by atoms with Crippen LogP contribution in [0.15, 0.2) is 35.4 Å². The zero-order valence-corrected chi connectivity index (χ0v) is 5.24. The Balaban J connectivity index is 3.07. The van der Waals surface area contributed by atoms with Crippen LogP contribution in [0, 0.1) is 0 Å². The van der Waals surface area contributed by atoms with Crippen molar-refractivity contribution in [3.8, 4) is 0 Å². The van der Waals surface area contributed by atoms with Gasteiger partial charge in [0, 0.05) is 12.4 Å². The Morgan fingerprint density at radius 2 is 2.30 bits per heavy atom. The second-order valence-corrected chi connectivity index (χ2v) is 2.09. The highest BCUT2D eigenvalue weighted by Crippen LogP contribution is 1.94. The van der Waals surface area contributed by atoms with Gasteiger partial charge in [-0.3, -0.25) is 4.40 Å². The minimum Gasteiger partial charge on any atom is -0.312 e. The molecule has 0 aliphatic rings. The van der Waals surface area contributed by atoms with Crippen LogP contribution in [0.1, 0.15) is 0 Å². The summed E-state index contributed by atoms with van der Waals surface area (Å²) in [4.78, 5) is 13.5.